The number of benzene rings is 1. The van der Waals surface area contributed by atoms with Gasteiger partial charge >= 0.3 is 0 Å². The van der Waals surface area contributed by atoms with Crippen molar-refractivity contribution in [3.05, 3.63) is 71.7 Å². The lowest BCUT2D eigenvalue weighted by molar-refractivity contribution is 0.833. The van der Waals surface area contributed by atoms with Crippen LogP contribution in [0, 0.1) is 6.92 Å². The number of rotatable bonds is 7. The number of hydrogen-bond acceptors (Lipinski definition) is 5. The number of pyridine rings is 1. The lowest BCUT2D eigenvalue weighted by atomic mass is 10.1. The molecule has 2 aromatic heterocycles. The molecule has 0 radical (unpaired) electrons. The Morgan fingerprint density at radius 1 is 0.962 bits per heavy atom. The number of anilines is 3. The maximum absolute atomic E-state index is 4.68. The molecule has 0 fully saturated rings. The first-order chi connectivity index (χ1) is 12.6. The molecule has 0 bridgehead atoms. The fourth-order valence-electron chi connectivity index (χ4n) is 2.71. The molecule has 0 aliphatic rings. The summed E-state index contributed by atoms with van der Waals surface area (Å²) in [7, 11) is 2.02. The van der Waals surface area contributed by atoms with Crippen LogP contribution in [-0.2, 0) is 12.8 Å². The van der Waals surface area contributed by atoms with Crippen LogP contribution in [0.1, 0.15) is 23.7 Å². The average Bonchev–Trinajstić information content (AvgIpc) is 2.67. The third kappa shape index (κ3) is 4.79. The van der Waals surface area contributed by atoms with Gasteiger partial charge in [-0.3, -0.25) is 4.98 Å². The molecule has 3 rings (SSSR count). The topological polar surface area (TPSA) is 53.9 Å². The molecule has 0 aliphatic heterocycles. The van der Waals surface area contributed by atoms with Gasteiger partial charge in [-0.25, -0.2) is 4.98 Å². The van der Waals surface area contributed by atoms with Crippen LogP contribution in [0.5, 0.6) is 0 Å². The Labute approximate surface area is 155 Å². The molecule has 0 saturated heterocycles. The van der Waals surface area contributed by atoms with Gasteiger partial charge in [-0.15, -0.1) is 0 Å². The third-order valence-electron chi connectivity index (χ3n) is 4.30. The zero-order valence-corrected chi connectivity index (χ0v) is 15.6. The molecule has 2 heterocycles. The third-order valence-corrected chi connectivity index (χ3v) is 4.30. The van der Waals surface area contributed by atoms with Crippen molar-refractivity contribution in [1.29, 1.82) is 0 Å². The summed E-state index contributed by atoms with van der Waals surface area (Å²) >= 11 is 0. The minimum absolute atomic E-state index is 0.728. The van der Waals surface area contributed by atoms with Gasteiger partial charge in [0.25, 0.3) is 0 Å². The van der Waals surface area contributed by atoms with Crippen molar-refractivity contribution in [3.63, 3.8) is 0 Å². The van der Waals surface area contributed by atoms with E-state index in [0.29, 0.717) is 0 Å². The molecule has 134 valence electrons. The molecule has 0 amide bonds. The summed E-state index contributed by atoms with van der Waals surface area (Å²) in [5.41, 5.74) is 4.56. The van der Waals surface area contributed by atoms with Crippen LogP contribution in [0.4, 0.5) is 17.5 Å². The van der Waals surface area contributed by atoms with Crippen LogP contribution in [-0.4, -0.2) is 28.5 Å². The van der Waals surface area contributed by atoms with Gasteiger partial charge in [-0.1, -0.05) is 19.1 Å². The fourth-order valence-corrected chi connectivity index (χ4v) is 2.71. The molecule has 3 aromatic rings. The van der Waals surface area contributed by atoms with Crippen LogP contribution in [0.15, 0.2) is 54.9 Å². The zero-order chi connectivity index (χ0) is 18.4. The van der Waals surface area contributed by atoms with Gasteiger partial charge in [0.1, 0.15) is 5.82 Å². The van der Waals surface area contributed by atoms with E-state index in [9.17, 15) is 0 Å². The Balaban J connectivity index is 1.69. The van der Waals surface area contributed by atoms with E-state index < -0.39 is 0 Å². The molecule has 1 aromatic carbocycles. The van der Waals surface area contributed by atoms with Crippen molar-refractivity contribution in [2.45, 2.75) is 26.7 Å². The van der Waals surface area contributed by atoms with Crippen LogP contribution >= 0.6 is 0 Å². The molecule has 0 atom stereocenters. The van der Waals surface area contributed by atoms with E-state index in [0.717, 1.165) is 42.5 Å². The van der Waals surface area contributed by atoms with Gasteiger partial charge in [0.05, 0.1) is 0 Å². The summed E-state index contributed by atoms with van der Waals surface area (Å²) in [6, 6.07) is 14.5. The van der Waals surface area contributed by atoms with E-state index in [2.05, 4.69) is 56.4 Å². The van der Waals surface area contributed by atoms with Crippen LogP contribution < -0.4 is 10.2 Å². The van der Waals surface area contributed by atoms with Crippen molar-refractivity contribution >= 4 is 17.5 Å². The van der Waals surface area contributed by atoms with Gasteiger partial charge in [0.2, 0.25) is 5.95 Å². The summed E-state index contributed by atoms with van der Waals surface area (Å²) in [6.45, 7) is 5.00. The highest BCUT2D eigenvalue weighted by Crippen LogP contribution is 2.19. The highest BCUT2D eigenvalue weighted by atomic mass is 15.2. The molecular weight excluding hydrogens is 322 g/mol. The first-order valence-electron chi connectivity index (χ1n) is 8.95. The maximum atomic E-state index is 4.68. The average molecular weight is 347 g/mol. The summed E-state index contributed by atoms with van der Waals surface area (Å²) < 4.78 is 0. The second-order valence-corrected chi connectivity index (χ2v) is 6.40. The van der Waals surface area contributed by atoms with Gasteiger partial charge < -0.3 is 10.2 Å². The van der Waals surface area contributed by atoms with E-state index in [4.69, 9.17) is 0 Å². The largest absolute Gasteiger partial charge is 0.343 e. The molecule has 0 spiro atoms. The van der Waals surface area contributed by atoms with Crippen molar-refractivity contribution in [1.82, 2.24) is 15.0 Å². The lowest BCUT2D eigenvalue weighted by Gasteiger charge is -2.18. The fraction of sp³-hybridized carbons (Fsp3) is 0.286. The molecular formula is C21H25N5. The summed E-state index contributed by atoms with van der Waals surface area (Å²) in [5.74, 6) is 1.54. The number of aryl methyl sites for hydroxylation is 2. The van der Waals surface area contributed by atoms with Crippen LogP contribution in [0.3, 0.4) is 0 Å². The standard InChI is InChI=1S/C21H25N5/c1-4-17-5-7-19(8-6-17)24-20-15-16(2)23-21(25-20)26(3)14-11-18-9-12-22-13-10-18/h5-10,12-13,15H,4,11,14H2,1-3H3,(H,23,24,25). The Bertz CT molecular complexity index is 831. The SMILES string of the molecule is CCc1ccc(Nc2cc(C)nc(N(C)CCc3ccncc3)n2)cc1. The molecule has 0 aliphatic carbocycles. The molecule has 26 heavy (non-hydrogen) atoms. The Morgan fingerprint density at radius 2 is 1.69 bits per heavy atom. The minimum Gasteiger partial charge on any atom is -0.343 e. The normalized spacial score (nSPS) is 10.6. The predicted octanol–water partition coefficient (Wildman–Crippen LogP) is 4.16. The van der Waals surface area contributed by atoms with Gasteiger partial charge in [0.15, 0.2) is 0 Å². The minimum atomic E-state index is 0.728. The van der Waals surface area contributed by atoms with Gasteiger partial charge in [0, 0.05) is 43.4 Å². The van der Waals surface area contributed by atoms with Gasteiger partial charge in [-0.2, -0.15) is 4.98 Å². The summed E-state index contributed by atoms with van der Waals surface area (Å²) in [4.78, 5) is 15.4. The van der Waals surface area contributed by atoms with E-state index in [1.165, 1.54) is 11.1 Å². The van der Waals surface area contributed by atoms with Crippen molar-refractivity contribution < 1.29 is 0 Å². The summed E-state index contributed by atoms with van der Waals surface area (Å²) in [5, 5.41) is 3.38. The number of likely N-dealkylation sites (N-methyl/N-ethyl adjacent to an activating group) is 1. The monoisotopic (exact) mass is 347 g/mol. The first-order valence-corrected chi connectivity index (χ1v) is 8.95. The van der Waals surface area contributed by atoms with Crippen LogP contribution in [0.2, 0.25) is 0 Å². The van der Waals surface area contributed by atoms with E-state index in [1.54, 1.807) is 0 Å². The molecule has 0 saturated carbocycles. The van der Waals surface area contributed by atoms with Crippen molar-refractivity contribution in [2.75, 3.05) is 23.8 Å². The smallest absolute Gasteiger partial charge is 0.227 e. The predicted molar refractivity (Wildman–Crippen MR) is 107 cm³/mol. The Morgan fingerprint density at radius 3 is 2.38 bits per heavy atom. The number of nitrogens with one attached hydrogen (secondary N) is 1. The second-order valence-electron chi connectivity index (χ2n) is 6.40. The highest BCUT2D eigenvalue weighted by Gasteiger charge is 2.08. The molecule has 1 N–H and O–H groups in total. The molecule has 0 unspecified atom stereocenters. The Kier molecular flexibility index (Phi) is 5.79. The van der Waals surface area contributed by atoms with E-state index in [1.807, 2.05) is 44.6 Å². The number of aromatic nitrogens is 3. The first kappa shape index (κ1) is 17.9. The lowest BCUT2D eigenvalue weighted by Crippen LogP contribution is -2.23. The highest BCUT2D eigenvalue weighted by molar-refractivity contribution is 5.58. The molecule has 5 heteroatoms. The van der Waals surface area contributed by atoms with Crippen LogP contribution in [0.25, 0.3) is 0 Å². The van der Waals surface area contributed by atoms with E-state index in [-0.39, 0.29) is 0 Å². The Hall–Kier alpha value is -2.95. The van der Waals surface area contributed by atoms with Crippen molar-refractivity contribution in [3.8, 4) is 0 Å². The second kappa shape index (κ2) is 8.43. The quantitative estimate of drug-likeness (QED) is 0.695. The zero-order valence-electron chi connectivity index (χ0n) is 15.6. The number of hydrogen-bond donors (Lipinski definition) is 1. The van der Waals surface area contributed by atoms with E-state index >= 15 is 0 Å². The van der Waals surface area contributed by atoms with Crippen molar-refractivity contribution in [2.24, 2.45) is 0 Å². The summed E-state index contributed by atoms with van der Waals surface area (Å²) in [6.07, 6.45) is 5.62. The van der Waals surface area contributed by atoms with Gasteiger partial charge in [-0.05, 0) is 55.2 Å². The molecule has 5 nitrogen and oxygen atoms in total. The number of nitrogens with zero attached hydrogens (tertiary/aromatic N) is 4. The maximum Gasteiger partial charge on any atom is 0.227 e.